The summed E-state index contributed by atoms with van der Waals surface area (Å²) in [6, 6.07) is 19.9. The molecule has 34 heavy (non-hydrogen) atoms. The zero-order valence-electron chi connectivity index (χ0n) is 18.0. The molecule has 0 bridgehead atoms. The van der Waals surface area contributed by atoms with Gasteiger partial charge < -0.3 is 10.1 Å². The van der Waals surface area contributed by atoms with E-state index < -0.39 is 0 Å². The molecule has 0 unspecified atom stereocenters. The molecule has 4 rings (SSSR count). The smallest absolute Gasteiger partial charge is 0.256 e. The van der Waals surface area contributed by atoms with Crippen LogP contribution >= 0.6 is 50.7 Å². The topological polar surface area (TPSA) is 56.1 Å². The van der Waals surface area contributed by atoms with Gasteiger partial charge in [-0.2, -0.15) is 5.10 Å². The maximum Gasteiger partial charge on any atom is 0.256 e. The molecule has 0 radical (unpaired) electrons. The Morgan fingerprint density at radius 1 is 0.941 bits per heavy atom. The Hall–Kier alpha value is -2.51. The van der Waals surface area contributed by atoms with Crippen molar-refractivity contribution in [3.05, 3.63) is 109 Å². The van der Waals surface area contributed by atoms with Gasteiger partial charge >= 0.3 is 0 Å². The molecule has 1 aromatic heterocycles. The second-order valence-electron chi connectivity index (χ2n) is 7.59. The van der Waals surface area contributed by atoms with Gasteiger partial charge in [0, 0.05) is 21.8 Å². The van der Waals surface area contributed by atoms with Crippen molar-refractivity contribution < 1.29 is 9.53 Å². The number of anilines is 1. The number of amides is 1. The molecule has 174 valence electrons. The fourth-order valence-electron chi connectivity index (χ4n) is 3.24. The van der Waals surface area contributed by atoms with Crippen molar-refractivity contribution in [3.63, 3.8) is 0 Å². The molecule has 0 saturated heterocycles. The van der Waals surface area contributed by atoms with Crippen molar-refractivity contribution in [1.29, 1.82) is 0 Å². The summed E-state index contributed by atoms with van der Waals surface area (Å²) in [6.07, 6.45) is 0. The molecule has 0 aliphatic rings. The van der Waals surface area contributed by atoms with Crippen LogP contribution in [0.3, 0.4) is 0 Å². The van der Waals surface area contributed by atoms with Crippen molar-refractivity contribution >= 4 is 62.5 Å². The lowest BCUT2D eigenvalue weighted by Gasteiger charge is -2.09. The Morgan fingerprint density at radius 3 is 2.38 bits per heavy atom. The van der Waals surface area contributed by atoms with Crippen LogP contribution in [0.1, 0.15) is 27.2 Å². The molecule has 1 heterocycles. The van der Waals surface area contributed by atoms with Crippen molar-refractivity contribution in [2.24, 2.45) is 0 Å². The van der Waals surface area contributed by atoms with Crippen LogP contribution in [0.5, 0.6) is 5.75 Å². The second-order valence-corrected chi connectivity index (χ2v) is 9.73. The third kappa shape index (κ3) is 6.13. The van der Waals surface area contributed by atoms with E-state index in [-0.39, 0.29) is 5.91 Å². The van der Waals surface area contributed by atoms with Crippen LogP contribution in [0.25, 0.3) is 0 Å². The van der Waals surface area contributed by atoms with Crippen LogP contribution < -0.4 is 10.1 Å². The summed E-state index contributed by atoms with van der Waals surface area (Å²) in [5.74, 6) is 0.820. The Balaban J connectivity index is 1.37. The molecule has 9 heteroatoms. The van der Waals surface area contributed by atoms with Crippen LogP contribution in [-0.4, -0.2) is 15.7 Å². The third-order valence-electron chi connectivity index (χ3n) is 5.04. The fourth-order valence-corrected chi connectivity index (χ4v) is 4.29. The lowest BCUT2D eigenvalue weighted by molar-refractivity contribution is 0.102. The number of carbonyl (C=O) groups is 1. The van der Waals surface area contributed by atoms with Gasteiger partial charge in [0.05, 0.1) is 21.6 Å². The highest BCUT2D eigenvalue weighted by atomic mass is 79.9. The number of nitrogens with zero attached hydrogens (tertiary/aromatic N) is 2. The fraction of sp³-hybridized carbons (Fsp3) is 0.120. The number of hydrogen-bond acceptors (Lipinski definition) is 3. The Kier molecular flexibility index (Phi) is 7.84. The van der Waals surface area contributed by atoms with E-state index in [0.717, 1.165) is 21.3 Å². The van der Waals surface area contributed by atoms with Crippen molar-refractivity contribution in [1.82, 2.24) is 9.78 Å². The lowest BCUT2D eigenvalue weighted by atomic mass is 10.1. The minimum absolute atomic E-state index is 0.248. The zero-order chi connectivity index (χ0) is 24.2. The van der Waals surface area contributed by atoms with Crippen molar-refractivity contribution in [2.45, 2.75) is 20.1 Å². The van der Waals surface area contributed by atoms with Gasteiger partial charge in [0.2, 0.25) is 0 Å². The van der Waals surface area contributed by atoms with Gasteiger partial charge in [0.1, 0.15) is 12.4 Å². The Bertz CT molecular complexity index is 1340. The molecule has 1 amide bonds. The summed E-state index contributed by atoms with van der Waals surface area (Å²) in [5, 5.41) is 8.86. The monoisotopic (exact) mass is 577 g/mol. The summed E-state index contributed by atoms with van der Waals surface area (Å²) >= 11 is 21.6. The molecule has 0 aliphatic carbocycles. The Morgan fingerprint density at radius 2 is 1.68 bits per heavy atom. The summed E-state index contributed by atoms with van der Waals surface area (Å²) in [5.41, 5.74) is 3.29. The summed E-state index contributed by atoms with van der Waals surface area (Å²) in [4.78, 5) is 12.7. The predicted octanol–water partition coefficient (Wildman–Crippen LogP) is 7.79. The van der Waals surface area contributed by atoms with Gasteiger partial charge in [-0.25, -0.2) is 0 Å². The van der Waals surface area contributed by atoms with Gasteiger partial charge in [0.15, 0.2) is 5.82 Å². The first kappa shape index (κ1) is 24.6. The molecule has 0 atom stereocenters. The van der Waals surface area contributed by atoms with E-state index in [4.69, 9.17) is 39.5 Å². The maximum atomic E-state index is 12.7. The molecule has 3 aromatic carbocycles. The van der Waals surface area contributed by atoms with E-state index in [1.807, 2.05) is 37.3 Å². The highest BCUT2D eigenvalue weighted by Crippen LogP contribution is 2.28. The largest absolute Gasteiger partial charge is 0.487 e. The van der Waals surface area contributed by atoms with Gasteiger partial charge in [-0.15, -0.1) is 0 Å². The molecular weight excluding hydrogens is 561 g/mol. The second kappa shape index (κ2) is 10.8. The number of aromatic nitrogens is 2. The third-order valence-corrected chi connectivity index (χ3v) is 6.57. The van der Waals surface area contributed by atoms with Crippen LogP contribution in [0, 0.1) is 6.92 Å². The number of benzene rings is 3. The zero-order valence-corrected chi connectivity index (χ0v) is 21.8. The van der Waals surface area contributed by atoms with Crippen molar-refractivity contribution in [2.75, 3.05) is 5.32 Å². The number of hydrogen-bond donors (Lipinski definition) is 1. The number of rotatable bonds is 7. The first-order valence-electron chi connectivity index (χ1n) is 10.2. The highest BCUT2D eigenvalue weighted by Gasteiger charge is 2.11. The van der Waals surface area contributed by atoms with E-state index in [1.165, 1.54) is 0 Å². The van der Waals surface area contributed by atoms with E-state index in [9.17, 15) is 4.79 Å². The molecular formula is C25H19BrCl3N3O2. The SMILES string of the molecule is Cc1cc(NC(=O)c2ccc(COc3ccc(Br)cc3Cl)cc2)nn1Cc1ccc(Cl)c(Cl)c1. The minimum atomic E-state index is -0.248. The van der Waals surface area contributed by atoms with Crippen LogP contribution in [0.15, 0.2) is 71.2 Å². The number of carbonyl (C=O) groups excluding carboxylic acids is 1. The molecule has 0 spiro atoms. The van der Waals surface area contributed by atoms with E-state index >= 15 is 0 Å². The number of aryl methyl sites for hydroxylation is 1. The van der Waals surface area contributed by atoms with Crippen molar-refractivity contribution in [3.8, 4) is 5.75 Å². The van der Waals surface area contributed by atoms with Gasteiger partial charge in [-0.3, -0.25) is 9.48 Å². The quantitative estimate of drug-likeness (QED) is 0.243. The maximum absolute atomic E-state index is 12.7. The molecule has 0 saturated carbocycles. The summed E-state index contributed by atoms with van der Waals surface area (Å²) in [7, 11) is 0. The standard InChI is InChI=1S/C25H19BrCl3N3O2/c1-15-10-24(31-32(15)13-17-4-8-20(27)21(28)11-17)30-25(33)18-5-2-16(3-6-18)14-34-23-9-7-19(26)12-22(23)29/h2-12H,13-14H2,1H3,(H,30,31,33). The highest BCUT2D eigenvalue weighted by molar-refractivity contribution is 9.10. The first-order chi connectivity index (χ1) is 16.3. The normalized spacial score (nSPS) is 10.9. The van der Waals surface area contributed by atoms with Gasteiger partial charge in [-0.1, -0.05) is 68.9 Å². The average Bonchev–Trinajstić information content (AvgIpc) is 3.14. The molecule has 0 fully saturated rings. The van der Waals surface area contributed by atoms with E-state index in [2.05, 4.69) is 26.3 Å². The van der Waals surface area contributed by atoms with Crippen LogP contribution in [0.4, 0.5) is 5.82 Å². The number of nitrogens with one attached hydrogen (secondary N) is 1. The average molecular weight is 580 g/mol. The number of ether oxygens (including phenoxy) is 1. The summed E-state index contributed by atoms with van der Waals surface area (Å²) < 4.78 is 8.45. The molecule has 1 N–H and O–H groups in total. The van der Waals surface area contributed by atoms with Crippen LogP contribution in [0.2, 0.25) is 15.1 Å². The lowest BCUT2D eigenvalue weighted by Crippen LogP contribution is -2.13. The first-order valence-corrected chi connectivity index (χ1v) is 12.2. The number of halogens is 4. The van der Waals surface area contributed by atoms with E-state index in [0.29, 0.717) is 45.4 Å². The van der Waals surface area contributed by atoms with Crippen LogP contribution in [-0.2, 0) is 13.2 Å². The molecule has 5 nitrogen and oxygen atoms in total. The predicted molar refractivity (Wildman–Crippen MR) is 140 cm³/mol. The molecule has 0 aliphatic heterocycles. The van der Waals surface area contributed by atoms with E-state index in [1.54, 1.807) is 41.1 Å². The van der Waals surface area contributed by atoms with Gasteiger partial charge in [-0.05, 0) is 60.5 Å². The Labute approximate surface area is 220 Å². The van der Waals surface area contributed by atoms with Gasteiger partial charge in [0.25, 0.3) is 5.91 Å². The molecule has 4 aromatic rings. The summed E-state index contributed by atoms with van der Waals surface area (Å²) in [6.45, 7) is 2.77. The minimum Gasteiger partial charge on any atom is -0.487 e.